The van der Waals surface area contributed by atoms with Crippen molar-refractivity contribution in [1.29, 1.82) is 0 Å². The van der Waals surface area contributed by atoms with E-state index in [0.717, 1.165) is 50.2 Å². The molecule has 0 aromatic carbocycles. The maximum atomic E-state index is 12.5. The number of nitrogens with zero attached hydrogens (tertiary/aromatic N) is 2. The van der Waals surface area contributed by atoms with Gasteiger partial charge in [-0.15, -0.1) is 0 Å². The summed E-state index contributed by atoms with van der Waals surface area (Å²) in [6.45, 7) is 2.02. The van der Waals surface area contributed by atoms with E-state index in [4.69, 9.17) is 14.7 Å². The predicted molar refractivity (Wildman–Crippen MR) is 94.2 cm³/mol. The third-order valence-corrected chi connectivity index (χ3v) is 5.86. The first-order valence-corrected chi connectivity index (χ1v) is 9.26. The molecule has 1 heterocycles. The summed E-state index contributed by atoms with van der Waals surface area (Å²) in [5, 5.41) is 3.27. The number of rotatable bonds is 3. The first kappa shape index (κ1) is 17.2. The van der Waals surface area contributed by atoms with Gasteiger partial charge in [-0.2, -0.15) is 0 Å². The fraction of sp³-hybridized carbons (Fsp3) is 0.737. The molecule has 1 fully saturated rings. The number of carbonyl (C=O) groups excluding carboxylic acids is 1. The van der Waals surface area contributed by atoms with Crippen molar-refractivity contribution in [2.75, 3.05) is 19.5 Å². The van der Waals surface area contributed by atoms with E-state index < -0.39 is 5.41 Å². The van der Waals surface area contributed by atoms with E-state index in [-0.39, 0.29) is 11.9 Å². The van der Waals surface area contributed by atoms with Crippen molar-refractivity contribution in [3.05, 3.63) is 17.1 Å². The lowest BCUT2D eigenvalue weighted by Gasteiger charge is -2.38. The molecule has 1 saturated carbocycles. The SMILES string of the molecule is CNc1nc(C2CCCCC2(C)C(=O)OC)nc2c1CCCCC2. The molecule has 0 radical (unpaired) electrons. The number of hydrogen-bond donors (Lipinski definition) is 1. The highest BCUT2D eigenvalue weighted by Crippen LogP contribution is 2.47. The lowest BCUT2D eigenvalue weighted by molar-refractivity contribution is -0.155. The van der Waals surface area contributed by atoms with Crippen LogP contribution in [0.25, 0.3) is 0 Å². The molecule has 0 saturated heterocycles. The highest BCUT2D eigenvalue weighted by molar-refractivity contribution is 5.77. The zero-order valence-electron chi connectivity index (χ0n) is 15.2. The molecule has 1 aromatic rings. The maximum Gasteiger partial charge on any atom is 0.312 e. The molecule has 5 nitrogen and oxygen atoms in total. The number of nitrogens with one attached hydrogen (secondary N) is 1. The second-order valence-electron chi connectivity index (χ2n) is 7.37. The van der Waals surface area contributed by atoms with E-state index in [0.29, 0.717) is 0 Å². The molecular formula is C19H29N3O2. The Balaban J connectivity index is 2.04. The highest BCUT2D eigenvalue weighted by Gasteiger charge is 2.46. The standard InChI is InChI=1S/C19H29N3O2/c1-19(18(23)24-3)12-8-7-10-14(19)17-21-15-11-6-4-5-9-13(15)16(20-2)22-17/h14H,4-12H2,1-3H3,(H,20,21,22). The van der Waals surface area contributed by atoms with Crippen LogP contribution in [0.5, 0.6) is 0 Å². The molecule has 2 aliphatic rings. The van der Waals surface area contributed by atoms with Gasteiger partial charge in [-0.1, -0.05) is 19.3 Å². The van der Waals surface area contributed by atoms with Crippen LogP contribution in [-0.2, 0) is 22.4 Å². The van der Waals surface area contributed by atoms with Gasteiger partial charge < -0.3 is 10.1 Å². The van der Waals surface area contributed by atoms with Crippen LogP contribution in [0.4, 0.5) is 5.82 Å². The zero-order chi connectivity index (χ0) is 17.2. The monoisotopic (exact) mass is 331 g/mol. The molecule has 2 unspecified atom stereocenters. The molecule has 3 rings (SSSR count). The van der Waals surface area contributed by atoms with Gasteiger partial charge in [0.1, 0.15) is 11.6 Å². The summed E-state index contributed by atoms with van der Waals surface area (Å²) in [6, 6.07) is 0. The van der Waals surface area contributed by atoms with Crippen molar-refractivity contribution in [3.63, 3.8) is 0 Å². The Morgan fingerprint density at radius 3 is 2.71 bits per heavy atom. The molecule has 0 spiro atoms. The Hall–Kier alpha value is -1.65. The fourth-order valence-electron chi connectivity index (χ4n) is 4.38. The van der Waals surface area contributed by atoms with E-state index in [1.54, 1.807) is 0 Å². The summed E-state index contributed by atoms with van der Waals surface area (Å²) in [7, 11) is 3.41. The molecular weight excluding hydrogens is 302 g/mol. The third-order valence-electron chi connectivity index (χ3n) is 5.86. The number of carbonyl (C=O) groups is 1. The van der Waals surface area contributed by atoms with Gasteiger partial charge in [0.15, 0.2) is 0 Å². The van der Waals surface area contributed by atoms with E-state index in [2.05, 4.69) is 5.32 Å². The number of methoxy groups -OCH3 is 1. The minimum atomic E-state index is -0.517. The molecule has 2 atom stereocenters. The molecule has 2 aliphatic carbocycles. The van der Waals surface area contributed by atoms with Gasteiger partial charge in [-0.05, 0) is 45.4 Å². The predicted octanol–water partition coefficient (Wildman–Crippen LogP) is 3.62. The van der Waals surface area contributed by atoms with Crippen molar-refractivity contribution in [2.24, 2.45) is 5.41 Å². The Kier molecular flexibility index (Phi) is 5.07. The van der Waals surface area contributed by atoms with Crippen molar-refractivity contribution in [2.45, 2.75) is 70.6 Å². The van der Waals surface area contributed by atoms with Crippen LogP contribution in [0.15, 0.2) is 0 Å². The molecule has 132 valence electrons. The topological polar surface area (TPSA) is 64.1 Å². The molecule has 1 N–H and O–H groups in total. The molecule has 24 heavy (non-hydrogen) atoms. The van der Waals surface area contributed by atoms with Crippen molar-refractivity contribution >= 4 is 11.8 Å². The van der Waals surface area contributed by atoms with Gasteiger partial charge in [0.05, 0.1) is 12.5 Å². The number of esters is 1. The first-order chi connectivity index (χ1) is 11.6. The molecule has 0 aliphatic heterocycles. The largest absolute Gasteiger partial charge is 0.469 e. The van der Waals surface area contributed by atoms with Crippen LogP contribution in [0.2, 0.25) is 0 Å². The van der Waals surface area contributed by atoms with Crippen LogP contribution in [0.3, 0.4) is 0 Å². The highest BCUT2D eigenvalue weighted by atomic mass is 16.5. The quantitative estimate of drug-likeness (QED) is 0.677. The minimum absolute atomic E-state index is 0.0411. The molecule has 0 bridgehead atoms. The van der Waals surface area contributed by atoms with Crippen molar-refractivity contribution < 1.29 is 9.53 Å². The van der Waals surface area contributed by atoms with Crippen LogP contribution < -0.4 is 5.32 Å². The summed E-state index contributed by atoms with van der Waals surface area (Å²) in [6.07, 6.45) is 9.68. The Morgan fingerprint density at radius 1 is 1.17 bits per heavy atom. The maximum absolute atomic E-state index is 12.5. The first-order valence-electron chi connectivity index (χ1n) is 9.26. The summed E-state index contributed by atoms with van der Waals surface area (Å²) < 4.78 is 5.12. The van der Waals surface area contributed by atoms with Gasteiger partial charge >= 0.3 is 5.97 Å². The normalized spacial score (nSPS) is 27.0. The second-order valence-corrected chi connectivity index (χ2v) is 7.37. The fourth-order valence-corrected chi connectivity index (χ4v) is 4.38. The average molecular weight is 331 g/mol. The van der Waals surface area contributed by atoms with Gasteiger partial charge in [0, 0.05) is 24.2 Å². The summed E-state index contributed by atoms with van der Waals surface area (Å²) in [5.74, 6) is 1.69. The Labute approximate surface area is 144 Å². The van der Waals surface area contributed by atoms with E-state index in [9.17, 15) is 4.79 Å². The number of anilines is 1. The summed E-state index contributed by atoms with van der Waals surface area (Å²) >= 11 is 0. The smallest absolute Gasteiger partial charge is 0.312 e. The zero-order valence-corrected chi connectivity index (χ0v) is 15.2. The average Bonchev–Trinajstić information content (AvgIpc) is 2.85. The van der Waals surface area contributed by atoms with Crippen LogP contribution in [0.1, 0.15) is 74.9 Å². The van der Waals surface area contributed by atoms with Crippen LogP contribution in [0, 0.1) is 5.41 Å². The molecule has 1 aromatic heterocycles. The number of hydrogen-bond acceptors (Lipinski definition) is 5. The molecule has 5 heteroatoms. The number of aromatic nitrogens is 2. The van der Waals surface area contributed by atoms with E-state index in [1.165, 1.54) is 37.6 Å². The van der Waals surface area contributed by atoms with Gasteiger partial charge in [-0.3, -0.25) is 4.79 Å². The lowest BCUT2D eigenvalue weighted by atomic mass is 9.67. The van der Waals surface area contributed by atoms with Crippen molar-refractivity contribution in [1.82, 2.24) is 9.97 Å². The Morgan fingerprint density at radius 2 is 1.96 bits per heavy atom. The summed E-state index contributed by atoms with van der Waals surface area (Å²) in [5.41, 5.74) is 1.94. The van der Waals surface area contributed by atoms with Gasteiger partial charge in [0.2, 0.25) is 0 Å². The lowest BCUT2D eigenvalue weighted by Crippen LogP contribution is -2.39. The van der Waals surface area contributed by atoms with Crippen LogP contribution in [-0.4, -0.2) is 30.1 Å². The Bertz CT molecular complexity index is 617. The second kappa shape index (κ2) is 7.08. The van der Waals surface area contributed by atoms with Crippen molar-refractivity contribution in [3.8, 4) is 0 Å². The van der Waals surface area contributed by atoms with Crippen LogP contribution >= 0.6 is 0 Å². The summed E-state index contributed by atoms with van der Waals surface area (Å²) in [4.78, 5) is 22.3. The molecule has 0 amide bonds. The minimum Gasteiger partial charge on any atom is -0.469 e. The number of ether oxygens (including phenoxy) is 1. The third kappa shape index (κ3) is 3.01. The van der Waals surface area contributed by atoms with E-state index >= 15 is 0 Å². The number of fused-ring (bicyclic) bond motifs is 1. The van der Waals surface area contributed by atoms with Gasteiger partial charge in [-0.25, -0.2) is 9.97 Å². The van der Waals surface area contributed by atoms with Gasteiger partial charge in [0.25, 0.3) is 0 Å². The van der Waals surface area contributed by atoms with E-state index in [1.807, 2.05) is 14.0 Å². The number of aryl methyl sites for hydroxylation is 1.